The van der Waals surface area contributed by atoms with Crippen LogP contribution in [0, 0.1) is 0 Å². The fourth-order valence-corrected chi connectivity index (χ4v) is 4.79. The summed E-state index contributed by atoms with van der Waals surface area (Å²) in [6.45, 7) is 5.77. The van der Waals surface area contributed by atoms with Gasteiger partial charge in [0.05, 0.1) is 22.8 Å². The van der Waals surface area contributed by atoms with Crippen LogP contribution in [-0.4, -0.2) is 24.5 Å². The Morgan fingerprint density at radius 3 is 2.33 bits per heavy atom. The van der Waals surface area contributed by atoms with Gasteiger partial charge in [0.1, 0.15) is 5.00 Å². The molecule has 1 amide bonds. The Morgan fingerprint density at radius 2 is 1.73 bits per heavy atom. The molecule has 3 aromatic rings. The summed E-state index contributed by atoms with van der Waals surface area (Å²) in [5, 5.41) is 1.23. The molecule has 0 aliphatic heterocycles. The normalized spacial score (nSPS) is 10.9. The number of halogens is 2. The lowest BCUT2D eigenvalue weighted by atomic mass is 10.1. The second kappa shape index (κ2) is 9.65. The third-order valence-corrected chi connectivity index (χ3v) is 6.11. The molecule has 3 rings (SSSR count). The number of rotatable bonds is 6. The van der Waals surface area contributed by atoms with E-state index in [2.05, 4.69) is 0 Å². The zero-order valence-electron chi connectivity index (χ0n) is 16.8. The predicted octanol–water partition coefficient (Wildman–Crippen LogP) is 6.95. The summed E-state index contributed by atoms with van der Waals surface area (Å²) in [6.07, 6.45) is 0. The van der Waals surface area contributed by atoms with E-state index in [0.717, 1.165) is 10.4 Å². The molecule has 0 fully saturated rings. The lowest BCUT2D eigenvalue weighted by Crippen LogP contribution is -2.37. The van der Waals surface area contributed by atoms with E-state index in [-0.39, 0.29) is 23.6 Å². The largest absolute Gasteiger partial charge is 0.462 e. The van der Waals surface area contributed by atoms with Crippen LogP contribution in [0.1, 0.15) is 41.5 Å². The number of anilines is 1. The van der Waals surface area contributed by atoms with Crippen molar-refractivity contribution in [2.45, 2.75) is 26.8 Å². The molecular weight excluding hydrogens is 441 g/mol. The zero-order chi connectivity index (χ0) is 21.8. The maximum atomic E-state index is 13.5. The summed E-state index contributed by atoms with van der Waals surface area (Å²) in [7, 11) is 0. The van der Waals surface area contributed by atoms with E-state index in [9.17, 15) is 9.59 Å². The minimum absolute atomic E-state index is 0.223. The van der Waals surface area contributed by atoms with Crippen molar-refractivity contribution in [3.05, 3.63) is 75.8 Å². The number of thiophene rings is 1. The topological polar surface area (TPSA) is 46.6 Å². The molecule has 0 N–H and O–H groups in total. The second-order valence-corrected chi connectivity index (χ2v) is 8.68. The minimum Gasteiger partial charge on any atom is -0.462 e. The van der Waals surface area contributed by atoms with Crippen molar-refractivity contribution in [1.82, 2.24) is 0 Å². The van der Waals surface area contributed by atoms with Crippen LogP contribution in [0.5, 0.6) is 0 Å². The molecule has 0 aliphatic rings. The van der Waals surface area contributed by atoms with Gasteiger partial charge in [-0.2, -0.15) is 0 Å². The highest BCUT2D eigenvalue weighted by Crippen LogP contribution is 2.40. The van der Waals surface area contributed by atoms with Crippen LogP contribution >= 0.6 is 34.5 Å². The maximum absolute atomic E-state index is 13.5. The number of amides is 1. The lowest BCUT2D eigenvalue weighted by molar-refractivity contribution is 0.0528. The smallest absolute Gasteiger partial charge is 0.341 e. The van der Waals surface area contributed by atoms with Gasteiger partial charge in [0.15, 0.2) is 0 Å². The molecule has 156 valence electrons. The van der Waals surface area contributed by atoms with E-state index in [4.69, 9.17) is 27.9 Å². The maximum Gasteiger partial charge on any atom is 0.341 e. The lowest BCUT2D eigenvalue weighted by Gasteiger charge is -2.27. The van der Waals surface area contributed by atoms with Crippen molar-refractivity contribution in [2.24, 2.45) is 0 Å². The van der Waals surface area contributed by atoms with Gasteiger partial charge in [0.2, 0.25) is 0 Å². The van der Waals surface area contributed by atoms with Gasteiger partial charge in [-0.25, -0.2) is 4.79 Å². The first kappa shape index (κ1) is 22.3. The Hall–Kier alpha value is -2.34. The SMILES string of the molecule is CCOC(=O)c1cc(-c2ccccc2)sc1N(C(=O)c1ccc(Cl)cc1Cl)C(C)C. The summed E-state index contributed by atoms with van der Waals surface area (Å²) >= 11 is 13.6. The average Bonchev–Trinajstić information content (AvgIpc) is 3.13. The third-order valence-electron chi connectivity index (χ3n) is 4.38. The molecule has 0 bridgehead atoms. The van der Waals surface area contributed by atoms with Crippen LogP contribution in [0.4, 0.5) is 5.00 Å². The van der Waals surface area contributed by atoms with Gasteiger partial charge in [0.25, 0.3) is 5.91 Å². The molecular formula is C23H21Cl2NO3S. The molecule has 4 nitrogen and oxygen atoms in total. The quantitative estimate of drug-likeness (QED) is 0.372. The van der Waals surface area contributed by atoms with Gasteiger partial charge in [-0.3, -0.25) is 9.69 Å². The molecule has 0 atom stereocenters. The number of hydrogen-bond donors (Lipinski definition) is 0. The van der Waals surface area contributed by atoms with Crippen LogP contribution in [0.3, 0.4) is 0 Å². The average molecular weight is 462 g/mol. The summed E-state index contributed by atoms with van der Waals surface area (Å²) in [5.74, 6) is -0.773. The van der Waals surface area contributed by atoms with Gasteiger partial charge in [-0.15, -0.1) is 11.3 Å². The van der Waals surface area contributed by atoms with Crippen molar-refractivity contribution < 1.29 is 14.3 Å². The van der Waals surface area contributed by atoms with Crippen LogP contribution in [0.25, 0.3) is 10.4 Å². The Morgan fingerprint density at radius 1 is 1.03 bits per heavy atom. The molecule has 0 unspecified atom stereocenters. The van der Waals surface area contributed by atoms with Crippen LogP contribution in [0.15, 0.2) is 54.6 Å². The molecule has 0 saturated heterocycles. The van der Waals surface area contributed by atoms with E-state index in [1.54, 1.807) is 30.0 Å². The molecule has 0 saturated carbocycles. The molecule has 0 spiro atoms. The number of carbonyl (C=O) groups excluding carboxylic acids is 2. The molecule has 7 heteroatoms. The van der Waals surface area contributed by atoms with E-state index in [1.807, 2.05) is 44.2 Å². The van der Waals surface area contributed by atoms with Crippen LogP contribution < -0.4 is 4.90 Å². The van der Waals surface area contributed by atoms with Gasteiger partial charge in [-0.1, -0.05) is 53.5 Å². The monoisotopic (exact) mass is 461 g/mol. The van der Waals surface area contributed by atoms with E-state index in [1.165, 1.54) is 17.4 Å². The van der Waals surface area contributed by atoms with Crippen LogP contribution in [-0.2, 0) is 4.74 Å². The van der Waals surface area contributed by atoms with E-state index in [0.29, 0.717) is 21.2 Å². The first-order valence-electron chi connectivity index (χ1n) is 9.48. The third kappa shape index (κ3) is 4.69. The number of ether oxygens (including phenoxy) is 1. The number of benzene rings is 2. The number of hydrogen-bond acceptors (Lipinski definition) is 4. The second-order valence-electron chi connectivity index (χ2n) is 6.81. The van der Waals surface area contributed by atoms with E-state index >= 15 is 0 Å². The molecule has 2 aromatic carbocycles. The van der Waals surface area contributed by atoms with Crippen molar-refractivity contribution in [3.63, 3.8) is 0 Å². The Bertz CT molecular complexity index is 1060. The number of carbonyl (C=O) groups is 2. The molecule has 0 aliphatic carbocycles. The Kier molecular flexibility index (Phi) is 7.19. The molecule has 30 heavy (non-hydrogen) atoms. The fraction of sp³-hybridized carbons (Fsp3) is 0.217. The highest BCUT2D eigenvalue weighted by atomic mass is 35.5. The number of esters is 1. The first-order valence-corrected chi connectivity index (χ1v) is 11.1. The van der Waals surface area contributed by atoms with E-state index < -0.39 is 5.97 Å². The summed E-state index contributed by atoms with van der Waals surface area (Å²) in [5.41, 5.74) is 1.63. The summed E-state index contributed by atoms with van der Waals surface area (Å²) < 4.78 is 5.26. The van der Waals surface area contributed by atoms with Crippen molar-refractivity contribution in [3.8, 4) is 10.4 Å². The number of nitrogens with zero attached hydrogens (tertiary/aromatic N) is 1. The highest BCUT2D eigenvalue weighted by molar-refractivity contribution is 7.20. The van der Waals surface area contributed by atoms with Gasteiger partial charge in [0, 0.05) is 15.9 Å². The highest BCUT2D eigenvalue weighted by Gasteiger charge is 2.30. The van der Waals surface area contributed by atoms with Gasteiger partial charge < -0.3 is 4.74 Å². The molecule has 1 heterocycles. The minimum atomic E-state index is -0.466. The summed E-state index contributed by atoms with van der Waals surface area (Å²) in [4.78, 5) is 28.6. The Labute approximate surface area is 190 Å². The zero-order valence-corrected chi connectivity index (χ0v) is 19.1. The Balaban J connectivity index is 2.14. The molecule has 1 aromatic heterocycles. The van der Waals surface area contributed by atoms with Gasteiger partial charge in [-0.05, 0) is 50.6 Å². The standard InChI is InChI=1S/C23H21Cl2NO3S/c1-4-29-23(28)18-13-20(15-8-6-5-7-9-15)30-22(18)26(14(2)3)21(27)17-11-10-16(24)12-19(17)25/h5-14H,4H2,1-3H3. The fourth-order valence-electron chi connectivity index (χ4n) is 3.01. The first-order chi connectivity index (χ1) is 14.3. The van der Waals surface area contributed by atoms with Crippen molar-refractivity contribution >= 4 is 51.4 Å². The summed E-state index contributed by atoms with van der Waals surface area (Å²) in [6, 6.07) is 16.0. The van der Waals surface area contributed by atoms with Gasteiger partial charge >= 0.3 is 5.97 Å². The predicted molar refractivity (Wildman–Crippen MR) is 124 cm³/mol. The van der Waals surface area contributed by atoms with Crippen molar-refractivity contribution in [2.75, 3.05) is 11.5 Å². The van der Waals surface area contributed by atoms with Crippen molar-refractivity contribution in [1.29, 1.82) is 0 Å². The van der Waals surface area contributed by atoms with Crippen LogP contribution in [0.2, 0.25) is 10.0 Å². The molecule has 0 radical (unpaired) electrons.